The van der Waals surface area contributed by atoms with E-state index < -0.39 is 144 Å². The minimum Gasteiger partial charge on any atom is -1.00 e. The summed E-state index contributed by atoms with van der Waals surface area (Å²) >= 11 is 0. The van der Waals surface area contributed by atoms with Crippen molar-refractivity contribution in [2.75, 3.05) is 0 Å². The Hall–Kier alpha value is -2.82. The first-order chi connectivity index (χ1) is 20.7. The molecule has 0 radical (unpaired) electrons. The third-order valence-corrected chi connectivity index (χ3v) is 6.71. The van der Waals surface area contributed by atoms with Crippen molar-refractivity contribution in [1.82, 2.24) is 0 Å². The molecule has 0 fully saturated rings. The van der Waals surface area contributed by atoms with Crippen LogP contribution in [0.5, 0.6) is 0 Å². The minimum atomic E-state index is -7.22. The fourth-order valence-corrected chi connectivity index (χ4v) is 4.87. The van der Waals surface area contributed by atoms with E-state index in [1.54, 1.807) is 0 Å². The third kappa shape index (κ3) is 4.84. The van der Waals surface area contributed by atoms with Crippen LogP contribution in [0.4, 0.5) is 87.8 Å². The Morgan fingerprint density at radius 1 is 0.196 bits per heavy atom. The maximum absolute atomic E-state index is 15.4. The molecule has 0 aliphatic carbocycles. The van der Waals surface area contributed by atoms with Gasteiger partial charge in [0.2, 0.25) is 0 Å². The smallest absolute Gasteiger partial charge is 1.00 e. The second kappa shape index (κ2) is 12.7. The van der Waals surface area contributed by atoms with Gasteiger partial charge in [-0.3, -0.25) is 0 Å². The number of hydrogen-bond donors (Lipinski definition) is 0. The van der Waals surface area contributed by atoms with Crippen molar-refractivity contribution in [3.8, 4) is 0 Å². The maximum atomic E-state index is 15.4. The van der Waals surface area contributed by atoms with Crippen molar-refractivity contribution < 1.29 is 141 Å². The monoisotopic (exact) mass is 719 g/mol. The SMILES string of the molecule is Fc1c(F)c(F)c([B-](c2c(F)c(F)c(F)c(F)c2F)(c2c(F)c(F)c(F)c(F)c2F)c2c(F)c(F)c(F)c(F)c2F)c(F)c1F.[H-].[K+]. The van der Waals surface area contributed by atoms with Crippen LogP contribution >= 0.6 is 0 Å². The van der Waals surface area contributed by atoms with Gasteiger partial charge in [-0.2, -0.15) is 0 Å². The Bertz CT molecular complexity index is 1580. The summed E-state index contributed by atoms with van der Waals surface area (Å²) < 4.78 is 294. The van der Waals surface area contributed by atoms with Crippen molar-refractivity contribution in [2.24, 2.45) is 0 Å². The maximum Gasteiger partial charge on any atom is 1.00 e. The van der Waals surface area contributed by atoms with E-state index >= 15 is 35.1 Å². The van der Waals surface area contributed by atoms with Gasteiger partial charge in [-0.1, -0.05) is 0 Å². The first kappa shape index (κ1) is 37.6. The molecule has 4 aromatic rings. The molecule has 0 bridgehead atoms. The van der Waals surface area contributed by atoms with E-state index in [2.05, 4.69) is 0 Å². The van der Waals surface area contributed by atoms with Crippen LogP contribution in [0.15, 0.2) is 0 Å². The molecule has 0 N–H and O–H groups in total. The van der Waals surface area contributed by atoms with Crippen LogP contribution < -0.4 is 73.2 Å². The number of benzene rings is 4. The first-order valence-electron chi connectivity index (χ1n) is 10.9. The Kier molecular flexibility index (Phi) is 10.4. The van der Waals surface area contributed by atoms with E-state index in [1.165, 1.54) is 0 Å². The van der Waals surface area contributed by atoms with Crippen LogP contribution in [0, 0.1) is 116 Å². The molecule has 0 atom stereocenters. The van der Waals surface area contributed by atoms with Crippen molar-refractivity contribution in [1.29, 1.82) is 0 Å². The van der Waals surface area contributed by atoms with Crippen LogP contribution in [0.3, 0.4) is 0 Å². The molecule has 0 spiro atoms. The van der Waals surface area contributed by atoms with Gasteiger partial charge in [0.05, 0.1) is 0 Å². The molecule has 242 valence electrons. The summed E-state index contributed by atoms with van der Waals surface area (Å²) in [6.07, 6.45) is -7.22. The van der Waals surface area contributed by atoms with E-state index in [9.17, 15) is 52.7 Å². The molecule has 0 amide bonds. The molecule has 0 saturated heterocycles. The molecule has 0 aliphatic rings. The van der Waals surface area contributed by atoms with E-state index in [0.717, 1.165) is 0 Å². The number of halogens is 20. The molecular formula is C24HBF20K-. The van der Waals surface area contributed by atoms with Gasteiger partial charge in [0, 0.05) is 0 Å². The molecule has 4 aromatic carbocycles. The molecule has 46 heavy (non-hydrogen) atoms. The van der Waals surface area contributed by atoms with Crippen LogP contribution in [-0.2, 0) is 0 Å². The Morgan fingerprint density at radius 3 is 0.391 bits per heavy atom. The van der Waals surface area contributed by atoms with Gasteiger partial charge in [0.1, 0.15) is 52.7 Å². The number of hydrogen-bond acceptors (Lipinski definition) is 0. The van der Waals surface area contributed by atoms with E-state index in [1.807, 2.05) is 0 Å². The zero-order chi connectivity index (χ0) is 34.4. The molecule has 22 heteroatoms. The topological polar surface area (TPSA) is 0 Å². The van der Waals surface area contributed by atoms with Gasteiger partial charge < -0.3 is 1.43 Å². The Morgan fingerprint density at radius 2 is 0.283 bits per heavy atom. The summed E-state index contributed by atoms with van der Waals surface area (Å²) in [5.74, 6) is -71.4. The molecule has 0 saturated carbocycles. The Labute approximate surface area is 283 Å². The van der Waals surface area contributed by atoms with Crippen LogP contribution in [0.2, 0.25) is 0 Å². The Balaban J connectivity index is 0.00000384. The standard InChI is InChI=1S/C24BF20.K.H/c26-5-1(6(27)14(35)21(42)13(5)34)25(2-7(28)15(36)22(43)16(37)8(2)29,3-9(30)17(38)23(44)18(39)10(3)31)4-11(32)19(40)24(45)20(41)12(4)33;;/q-1;+1;-1. The van der Waals surface area contributed by atoms with Gasteiger partial charge in [0.15, 0.2) is 69.8 Å². The predicted octanol–water partition coefficient (Wildman–Crippen LogP) is 2.96. The first-order valence-corrected chi connectivity index (χ1v) is 10.9. The summed E-state index contributed by atoms with van der Waals surface area (Å²) in [7, 11) is 0. The molecular weight excluding hydrogens is 718 g/mol. The van der Waals surface area contributed by atoms with Crippen molar-refractivity contribution in [2.45, 2.75) is 0 Å². The van der Waals surface area contributed by atoms with E-state index in [0.29, 0.717) is 0 Å². The zero-order valence-corrected chi connectivity index (χ0v) is 24.3. The largest absolute Gasteiger partial charge is 1.00 e. The van der Waals surface area contributed by atoms with E-state index in [-0.39, 0.29) is 52.8 Å². The minimum absolute atomic E-state index is 0. The van der Waals surface area contributed by atoms with Crippen LogP contribution in [0.1, 0.15) is 1.43 Å². The third-order valence-electron chi connectivity index (χ3n) is 6.71. The van der Waals surface area contributed by atoms with Gasteiger partial charge >= 0.3 is 51.4 Å². The summed E-state index contributed by atoms with van der Waals surface area (Å²) in [6, 6.07) is 0. The van der Waals surface area contributed by atoms with E-state index in [4.69, 9.17) is 0 Å². The summed E-state index contributed by atoms with van der Waals surface area (Å²) in [5, 5.41) is 0. The quantitative estimate of drug-likeness (QED) is 0.132. The molecule has 0 heterocycles. The fraction of sp³-hybridized carbons (Fsp3) is 0. The van der Waals surface area contributed by atoms with Crippen molar-refractivity contribution in [3.05, 3.63) is 116 Å². The predicted molar refractivity (Wildman–Crippen MR) is 110 cm³/mol. The molecule has 0 nitrogen and oxygen atoms in total. The van der Waals surface area contributed by atoms with Gasteiger partial charge in [0.25, 0.3) is 0 Å². The van der Waals surface area contributed by atoms with Gasteiger partial charge in [-0.15, -0.1) is 21.9 Å². The van der Waals surface area contributed by atoms with Crippen molar-refractivity contribution >= 4 is 28.0 Å². The van der Waals surface area contributed by atoms with Gasteiger partial charge in [-0.25, -0.2) is 87.8 Å². The average Bonchev–Trinajstić information content (AvgIpc) is 3.00. The summed E-state index contributed by atoms with van der Waals surface area (Å²) in [6.45, 7) is 0. The second-order valence-corrected chi connectivity index (χ2v) is 8.80. The zero-order valence-electron chi connectivity index (χ0n) is 22.1. The molecule has 0 unspecified atom stereocenters. The fourth-order valence-electron chi connectivity index (χ4n) is 4.87. The summed E-state index contributed by atoms with van der Waals surface area (Å²) in [5.41, 5.74) is -14.3. The van der Waals surface area contributed by atoms with Gasteiger partial charge in [-0.05, 0) is 0 Å². The van der Waals surface area contributed by atoms with Crippen LogP contribution in [0.25, 0.3) is 0 Å². The number of rotatable bonds is 4. The van der Waals surface area contributed by atoms with Crippen molar-refractivity contribution in [3.63, 3.8) is 0 Å². The normalized spacial score (nSPS) is 11.7. The van der Waals surface area contributed by atoms with Crippen LogP contribution in [-0.4, -0.2) is 6.15 Å². The second-order valence-electron chi connectivity index (χ2n) is 8.80. The molecule has 4 rings (SSSR count). The summed E-state index contributed by atoms with van der Waals surface area (Å²) in [4.78, 5) is 0. The molecule has 0 aromatic heterocycles. The molecule has 0 aliphatic heterocycles. The average molecular weight is 719 g/mol.